The highest BCUT2D eigenvalue weighted by Crippen LogP contribution is 2.29. The van der Waals surface area contributed by atoms with E-state index < -0.39 is 0 Å². The van der Waals surface area contributed by atoms with Gasteiger partial charge < -0.3 is 30.2 Å². The van der Waals surface area contributed by atoms with Crippen molar-refractivity contribution in [2.45, 2.75) is 95.6 Å². The van der Waals surface area contributed by atoms with E-state index in [0.29, 0.717) is 12.1 Å². The summed E-state index contributed by atoms with van der Waals surface area (Å²) in [5.41, 5.74) is 2.21. The fourth-order valence-electron chi connectivity index (χ4n) is 6.29. The van der Waals surface area contributed by atoms with Crippen molar-refractivity contribution in [1.29, 1.82) is 0 Å². The summed E-state index contributed by atoms with van der Waals surface area (Å²) in [5, 5.41) is 38.6. The van der Waals surface area contributed by atoms with E-state index in [1.54, 1.807) is 24.3 Å². The molecule has 2 atom stereocenters. The molecule has 204 valence electrons. The van der Waals surface area contributed by atoms with Gasteiger partial charge >= 0.3 is 0 Å². The number of unbranched alkanes of at least 4 members (excludes halogenated alkanes) is 6. The van der Waals surface area contributed by atoms with Gasteiger partial charge in [-0.2, -0.15) is 0 Å². The monoisotopic (exact) mass is 510 g/mol. The van der Waals surface area contributed by atoms with Gasteiger partial charge in [-0.1, -0.05) is 44.2 Å². The first kappa shape index (κ1) is 27.6. The van der Waals surface area contributed by atoms with Crippen LogP contribution in [0.3, 0.4) is 0 Å². The van der Waals surface area contributed by atoms with Crippen LogP contribution in [0, 0.1) is 0 Å². The third kappa shape index (κ3) is 8.27. The van der Waals surface area contributed by atoms with Gasteiger partial charge in [0.05, 0.1) is 0 Å². The SMILES string of the molecule is Oc1ccc(CC2CCCN2CCCCCCCCCN2CCCC2Cc2ccc(O)c(O)c2)cc1O. The lowest BCUT2D eigenvalue weighted by atomic mass is 10.0. The molecule has 4 N–H and O–H groups in total. The second-order valence-electron chi connectivity index (χ2n) is 11.2. The van der Waals surface area contributed by atoms with Crippen LogP contribution in [0.25, 0.3) is 0 Å². The maximum absolute atomic E-state index is 9.77. The highest BCUT2D eigenvalue weighted by Gasteiger charge is 2.25. The minimum absolute atomic E-state index is 0.0162. The van der Waals surface area contributed by atoms with Gasteiger partial charge in [0.1, 0.15) is 0 Å². The van der Waals surface area contributed by atoms with Gasteiger partial charge in [0.2, 0.25) is 0 Å². The fourth-order valence-corrected chi connectivity index (χ4v) is 6.29. The van der Waals surface area contributed by atoms with Crippen molar-refractivity contribution in [1.82, 2.24) is 9.80 Å². The molecule has 0 amide bonds. The van der Waals surface area contributed by atoms with Crippen molar-refractivity contribution in [3.05, 3.63) is 47.5 Å². The van der Waals surface area contributed by atoms with Crippen molar-refractivity contribution < 1.29 is 20.4 Å². The van der Waals surface area contributed by atoms with Crippen LogP contribution in [0.15, 0.2) is 36.4 Å². The molecule has 0 aromatic heterocycles. The van der Waals surface area contributed by atoms with Crippen molar-refractivity contribution in [3.63, 3.8) is 0 Å². The van der Waals surface area contributed by atoms with Crippen LogP contribution in [0.2, 0.25) is 0 Å². The van der Waals surface area contributed by atoms with Gasteiger partial charge in [-0.05, 0) is 113 Å². The van der Waals surface area contributed by atoms with Crippen molar-refractivity contribution in [2.75, 3.05) is 26.2 Å². The maximum Gasteiger partial charge on any atom is 0.157 e. The first-order valence-corrected chi connectivity index (χ1v) is 14.5. The molecule has 6 nitrogen and oxygen atoms in total. The number of hydrogen-bond acceptors (Lipinski definition) is 6. The molecular weight excluding hydrogens is 464 g/mol. The fraction of sp³-hybridized carbons (Fsp3) is 0.613. The summed E-state index contributed by atoms with van der Waals surface area (Å²) in [6.07, 6.45) is 15.9. The van der Waals surface area contributed by atoms with E-state index in [2.05, 4.69) is 9.80 Å². The molecule has 0 radical (unpaired) electrons. The number of hydrogen-bond donors (Lipinski definition) is 4. The lowest BCUT2D eigenvalue weighted by Gasteiger charge is -2.25. The number of nitrogens with zero attached hydrogens (tertiary/aromatic N) is 2. The topological polar surface area (TPSA) is 87.4 Å². The third-order valence-electron chi connectivity index (χ3n) is 8.41. The second kappa shape index (κ2) is 13.9. The predicted octanol–water partition coefficient (Wildman–Crippen LogP) is 5.95. The maximum atomic E-state index is 9.77. The van der Waals surface area contributed by atoms with E-state index in [0.717, 1.165) is 24.0 Å². The molecule has 2 aromatic rings. The number of phenols is 4. The summed E-state index contributed by atoms with van der Waals surface area (Å²) in [7, 11) is 0. The molecule has 0 aliphatic carbocycles. The minimum atomic E-state index is -0.0419. The van der Waals surface area contributed by atoms with Gasteiger partial charge in [0, 0.05) is 12.1 Å². The summed E-state index contributed by atoms with van der Waals surface area (Å²) in [5.74, 6) is -0.116. The van der Waals surface area contributed by atoms with Gasteiger partial charge in [0.15, 0.2) is 23.0 Å². The molecule has 2 aliphatic heterocycles. The van der Waals surface area contributed by atoms with Gasteiger partial charge in [0.25, 0.3) is 0 Å². The largest absolute Gasteiger partial charge is 0.504 e. The van der Waals surface area contributed by atoms with Gasteiger partial charge in [-0.15, -0.1) is 0 Å². The van der Waals surface area contributed by atoms with Crippen LogP contribution in [0.5, 0.6) is 23.0 Å². The zero-order chi connectivity index (χ0) is 26.0. The number of benzene rings is 2. The summed E-state index contributed by atoms with van der Waals surface area (Å²) in [6, 6.07) is 11.6. The number of rotatable bonds is 14. The van der Waals surface area contributed by atoms with Gasteiger partial charge in [-0.3, -0.25) is 0 Å². The normalized spacial score (nSPS) is 20.6. The molecule has 2 fully saturated rings. The lowest BCUT2D eigenvalue weighted by Crippen LogP contribution is -2.32. The zero-order valence-corrected chi connectivity index (χ0v) is 22.3. The third-order valence-corrected chi connectivity index (χ3v) is 8.41. The van der Waals surface area contributed by atoms with Crippen LogP contribution in [0.1, 0.15) is 81.8 Å². The molecule has 2 unspecified atom stereocenters. The molecule has 0 bridgehead atoms. The van der Waals surface area contributed by atoms with Crippen LogP contribution < -0.4 is 0 Å². The van der Waals surface area contributed by atoms with Crippen molar-refractivity contribution in [3.8, 4) is 23.0 Å². The number of phenolic OH excluding ortho intramolecular Hbond substituents is 4. The van der Waals surface area contributed by atoms with Crippen LogP contribution in [-0.2, 0) is 12.8 Å². The van der Waals surface area contributed by atoms with Crippen LogP contribution in [-0.4, -0.2) is 68.5 Å². The van der Waals surface area contributed by atoms with E-state index in [1.165, 1.54) is 96.8 Å². The Bertz CT molecular complexity index is 904. The lowest BCUT2D eigenvalue weighted by molar-refractivity contribution is 0.244. The average molecular weight is 511 g/mol. The Balaban J connectivity index is 1.04. The van der Waals surface area contributed by atoms with E-state index in [4.69, 9.17) is 0 Å². The van der Waals surface area contributed by atoms with E-state index >= 15 is 0 Å². The molecule has 0 saturated carbocycles. The molecular formula is C31H46N2O4. The van der Waals surface area contributed by atoms with E-state index in [9.17, 15) is 20.4 Å². The number of likely N-dealkylation sites (tertiary alicyclic amines) is 2. The Morgan fingerprint density at radius 2 is 0.946 bits per heavy atom. The molecule has 6 heteroatoms. The second-order valence-corrected chi connectivity index (χ2v) is 11.2. The molecule has 0 spiro atoms. The first-order chi connectivity index (χ1) is 18.0. The Kier molecular flexibility index (Phi) is 10.4. The standard InChI is InChI=1S/C31H46N2O4/c34-28-14-12-24(22-30(28)36)20-26-10-8-18-32(26)16-6-4-2-1-3-5-7-17-33-19-9-11-27(33)21-25-13-15-29(35)31(37)23-25/h12-15,22-23,26-27,34-37H,1-11,16-21H2. The van der Waals surface area contributed by atoms with Crippen LogP contribution >= 0.6 is 0 Å². The molecule has 37 heavy (non-hydrogen) atoms. The average Bonchev–Trinajstić information content (AvgIpc) is 3.52. The molecule has 2 aliphatic rings. The van der Waals surface area contributed by atoms with E-state index in [-0.39, 0.29) is 23.0 Å². The smallest absolute Gasteiger partial charge is 0.157 e. The Morgan fingerprint density at radius 1 is 0.541 bits per heavy atom. The summed E-state index contributed by atoms with van der Waals surface area (Å²) < 4.78 is 0. The molecule has 4 rings (SSSR count). The first-order valence-electron chi connectivity index (χ1n) is 14.5. The minimum Gasteiger partial charge on any atom is -0.504 e. The Hall–Kier alpha value is -2.44. The van der Waals surface area contributed by atoms with Crippen molar-refractivity contribution >= 4 is 0 Å². The molecule has 2 saturated heterocycles. The molecule has 2 aromatic carbocycles. The summed E-state index contributed by atoms with van der Waals surface area (Å²) >= 11 is 0. The predicted molar refractivity (Wildman–Crippen MR) is 148 cm³/mol. The summed E-state index contributed by atoms with van der Waals surface area (Å²) in [6.45, 7) is 4.70. The quantitative estimate of drug-likeness (QED) is 0.185. The van der Waals surface area contributed by atoms with Crippen molar-refractivity contribution in [2.24, 2.45) is 0 Å². The Morgan fingerprint density at radius 3 is 1.35 bits per heavy atom. The number of aromatic hydroxyl groups is 4. The highest BCUT2D eigenvalue weighted by atomic mass is 16.3. The summed E-state index contributed by atoms with van der Waals surface area (Å²) in [4.78, 5) is 5.24. The van der Waals surface area contributed by atoms with Gasteiger partial charge in [-0.25, -0.2) is 0 Å². The van der Waals surface area contributed by atoms with E-state index in [1.807, 2.05) is 12.1 Å². The zero-order valence-electron chi connectivity index (χ0n) is 22.3. The van der Waals surface area contributed by atoms with Crippen LogP contribution in [0.4, 0.5) is 0 Å². The Labute approximate surface area is 222 Å². The molecule has 2 heterocycles. The highest BCUT2D eigenvalue weighted by molar-refractivity contribution is 5.41.